The first-order valence-electron chi connectivity index (χ1n) is 10.9. The van der Waals surface area contributed by atoms with Gasteiger partial charge in [0, 0.05) is 21.9 Å². The third-order valence-electron chi connectivity index (χ3n) is 6.14. The van der Waals surface area contributed by atoms with Gasteiger partial charge in [0.1, 0.15) is 28.0 Å². The van der Waals surface area contributed by atoms with Crippen molar-refractivity contribution in [1.82, 2.24) is 8.10 Å². The largest absolute Gasteiger partial charge is 0.492 e. The number of nitrogens with zero attached hydrogens (tertiary/aromatic N) is 1. The van der Waals surface area contributed by atoms with Crippen molar-refractivity contribution in [3.63, 3.8) is 0 Å². The summed E-state index contributed by atoms with van der Waals surface area (Å²) >= 11 is 2.26. The topological polar surface area (TPSA) is 60.3 Å². The van der Waals surface area contributed by atoms with E-state index in [1.165, 1.54) is 0 Å². The summed E-state index contributed by atoms with van der Waals surface area (Å²) in [6.45, 7) is 6.89. The Balaban J connectivity index is 1.66. The van der Waals surface area contributed by atoms with E-state index in [0.717, 1.165) is 33.3 Å². The monoisotopic (exact) mass is 550 g/mol. The zero-order valence-corrected chi connectivity index (χ0v) is 21.7. The maximum absolute atomic E-state index is 13.6. The number of terminal acetylenes is 1. The molecule has 33 heavy (non-hydrogen) atoms. The highest BCUT2D eigenvalue weighted by Crippen LogP contribution is 2.47. The van der Waals surface area contributed by atoms with Crippen LogP contribution in [0.4, 0.5) is 0 Å². The second-order valence-electron chi connectivity index (χ2n) is 9.90. The fraction of sp³-hybridized carbons (Fsp3) is 0.280. The highest BCUT2D eigenvalue weighted by atomic mass is 127. The number of ketones is 1. The van der Waals surface area contributed by atoms with Crippen LogP contribution >= 0.6 is 22.9 Å². The summed E-state index contributed by atoms with van der Waals surface area (Å²) in [5, 5.41) is 3.36. The number of carbonyl (C=O) groups is 2. The number of ether oxygens (including phenoxy) is 1. The van der Waals surface area contributed by atoms with Gasteiger partial charge in [-0.05, 0) is 41.1 Å². The molecule has 1 N–H and O–H groups in total. The Morgan fingerprint density at radius 3 is 2.67 bits per heavy atom. The summed E-state index contributed by atoms with van der Waals surface area (Å²) < 4.78 is 7.97. The molecule has 1 aliphatic carbocycles. The molecule has 0 bridgehead atoms. The molecule has 1 aromatic heterocycles. The molecule has 0 aliphatic heterocycles. The minimum atomic E-state index is -0.438. The van der Waals surface area contributed by atoms with Gasteiger partial charge in [0.05, 0.1) is 46.2 Å². The average molecular weight is 550 g/mol. The first-order chi connectivity index (χ1) is 15.5. The fourth-order valence-electron chi connectivity index (χ4n) is 4.32. The van der Waals surface area contributed by atoms with E-state index in [1.54, 1.807) is 0 Å². The lowest BCUT2D eigenvalue weighted by Gasteiger charge is -2.33. The predicted molar refractivity (Wildman–Crippen MR) is 145 cm³/mol. The molecule has 1 heterocycles. The maximum Gasteiger partial charge on any atom is 0.210 e. The number of amides is 1. The Morgan fingerprint density at radius 2 is 2.00 bits per heavy atom. The highest BCUT2D eigenvalue weighted by molar-refractivity contribution is 14.1. The number of halogens is 1. The number of fused-ring (bicyclic) bond motifs is 4. The van der Waals surface area contributed by atoms with E-state index in [0.29, 0.717) is 24.5 Å². The van der Waals surface area contributed by atoms with E-state index >= 15 is 0 Å². The molecular formula is C25H25B2IN2O3. The standard InChI is InChI=1S/C25H25B2IN2O3/c1-5-14-6-8-17-19(12-14)30(28)22-20(17)21(31)16-9-7-15(13-18(16)24(22,2)3)33-11-10-29-23(32)25(4,26)27/h1,6-9,12-13H,10-11,26-27H2,2-4H3,(H,29,32). The second kappa shape index (κ2) is 8.28. The van der Waals surface area contributed by atoms with Gasteiger partial charge in [-0.2, -0.15) is 0 Å². The molecule has 1 amide bonds. The van der Waals surface area contributed by atoms with E-state index in [-0.39, 0.29) is 11.7 Å². The lowest BCUT2D eigenvalue weighted by atomic mass is 9.55. The van der Waals surface area contributed by atoms with Crippen molar-refractivity contribution in [2.45, 2.75) is 31.4 Å². The van der Waals surface area contributed by atoms with Crippen molar-refractivity contribution in [2.75, 3.05) is 13.2 Å². The molecule has 0 fully saturated rings. The molecule has 5 nitrogen and oxygen atoms in total. The van der Waals surface area contributed by atoms with Crippen LogP contribution < -0.4 is 10.1 Å². The number of aromatic nitrogens is 1. The number of nitrogens with one attached hydrogen (secondary N) is 1. The minimum absolute atomic E-state index is 0.0113. The Hall–Kier alpha value is -2.66. The summed E-state index contributed by atoms with van der Waals surface area (Å²) in [4.78, 5) is 25.6. The maximum atomic E-state index is 13.6. The molecule has 4 rings (SSSR count). The van der Waals surface area contributed by atoms with Crippen molar-refractivity contribution in [1.29, 1.82) is 0 Å². The van der Waals surface area contributed by atoms with Crippen LogP contribution in [0.3, 0.4) is 0 Å². The van der Waals surface area contributed by atoms with Crippen LogP contribution in [0.25, 0.3) is 10.9 Å². The first kappa shape index (κ1) is 23.5. The lowest BCUT2D eigenvalue weighted by molar-refractivity contribution is -0.121. The van der Waals surface area contributed by atoms with E-state index in [9.17, 15) is 9.59 Å². The molecule has 166 valence electrons. The molecule has 0 unspecified atom stereocenters. The predicted octanol–water partition coefficient (Wildman–Crippen LogP) is 2.59. The van der Waals surface area contributed by atoms with Crippen LogP contribution in [0.15, 0.2) is 36.4 Å². The third kappa shape index (κ3) is 3.97. The van der Waals surface area contributed by atoms with Gasteiger partial charge in [0.2, 0.25) is 5.91 Å². The highest BCUT2D eigenvalue weighted by Gasteiger charge is 2.41. The van der Waals surface area contributed by atoms with E-state index in [1.807, 2.05) is 59.0 Å². The molecule has 0 saturated carbocycles. The van der Waals surface area contributed by atoms with Gasteiger partial charge in [0.25, 0.3) is 0 Å². The molecule has 1 aliphatic rings. The zero-order valence-electron chi connectivity index (χ0n) is 19.5. The Kier molecular flexibility index (Phi) is 5.90. The van der Waals surface area contributed by atoms with E-state index < -0.39 is 10.6 Å². The molecule has 0 saturated heterocycles. The van der Waals surface area contributed by atoms with Crippen LogP contribution in [0.5, 0.6) is 5.75 Å². The molecule has 8 heteroatoms. The van der Waals surface area contributed by atoms with Crippen molar-refractivity contribution < 1.29 is 14.3 Å². The summed E-state index contributed by atoms with van der Waals surface area (Å²) in [6.07, 6.45) is 5.60. The third-order valence-corrected chi connectivity index (χ3v) is 7.15. The van der Waals surface area contributed by atoms with Gasteiger partial charge in [-0.15, -0.1) is 6.42 Å². The summed E-state index contributed by atoms with van der Waals surface area (Å²) in [5.41, 5.74) is 4.61. The SMILES string of the molecule is BC(B)(C)C(=O)NCCOc1ccc2c(c1)C(C)(C)c1c(c3ccc(C#C)cc3n1I)C2=O. The second-order valence-corrected chi connectivity index (χ2v) is 10.9. The van der Waals surface area contributed by atoms with E-state index in [4.69, 9.17) is 11.2 Å². The van der Waals surface area contributed by atoms with Gasteiger partial charge in [-0.3, -0.25) is 12.4 Å². The quantitative estimate of drug-likeness (QED) is 0.230. The molecule has 2 aromatic carbocycles. The van der Waals surface area contributed by atoms with Crippen LogP contribution in [-0.4, -0.2) is 43.3 Å². The summed E-state index contributed by atoms with van der Waals surface area (Å²) in [6, 6.07) is 11.4. The van der Waals surface area contributed by atoms with Crippen LogP contribution in [-0.2, 0) is 10.2 Å². The number of hydrogen-bond acceptors (Lipinski definition) is 3. The van der Waals surface area contributed by atoms with Gasteiger partial charge in [0.15, 0.2) is 5.78 Å². The van der Waals surface area contributed by atoms with Crippen LogP contribution in [0.1, 0.15) is 53.5 Å². The van der Waals surface area contributed by atoms with Gasteiger partial charge >= 0.3 is 0 Å². The minimum Gasteiger partial charge on any atom is -0.492 e. The average Bonchev–Trinajstić information content (AvgIpc) is 3.07. The van der Waals surface area contributed by atoms with Gasteiger partial charge in [-0.1, -0.05) is 32.8 Å². The summed E-state index contributed by atoms with van der Waals surface area (Å²) in [7, 11) is 3.75. The molecule has 0 radical (unpaired) electrons. The van der Waals surface area contributed by atoms with Crippen LogP contribution in [0, 0.1) is 12.3 Å². The number of rotatable bonds is 5. The normalized spacial score (nSPS) is 14.3. The number of benzene rings is 2. The van der Waals surface area contributed by atoms with Crippen LogP contribution in [0.2, 0.25) is 5.21 Å². The molecular weight excluding hydrogens is 525 g/mol. The first-order valence-corrected chi connectivity index (χ1v) is 11.9. The van der Waals surface area contributed by atoms with Crippen molar-refractivity contribution in [3.05, 3.63) is 64.3 Å². The van der Waals surface area contributed by atoms with Crippen molar-refractivity contribution >= 4 is 61.2 Å². The fourth-order valence-corrected chi connectivity index (χ4v) is 5.56. The lowest BCUT2D eigenvalue weighted by Crippen LogP contribution is -2.37. The molecule has 0 atom stereocenters. The number of hydrogen-bond donors (Lipinski definition) is 1. The molecule has 0 spiro atoms. The number of carbonyl (C=O) groups excluding carboxylic acids is 2. The Labute approximate surface area is 210 Å². The van der Waals surface area contributed by atoms with Gasteiger partial charge in [-0.25, -0.2) is 0 Å². The van der Waals surface area contributed by atoms with Crippen molar-refractivity contribution in [3.8, 4) is 18.1 Å². The zero-order chi connectivity index (χ0) is 24.1. The summed E-state index contributed by atoms with van der Waals surface area (Å²) in [5.74, 6) is 3.35. The molecule has 3 aromatic rings. The van der Waals surface area contributed by atoms with Crippen molar-refractivity contribution in [2.24, 2.45) is 0 Å². The van der Waals surface area contributed by atoms with Gasteiger partial charge < -0.3 is 10.1 Å². The van der Waals surface area contributed by atoms with E-state index in [2.05, 4.69) is 50.7 Å². The Bertz CT molecular complexity index is 1350. The Morgan fingerprint density at radius 1 is 1.27 bits per heavy atom. The smallest absolute Gasteiger partial charge is 0.210 e.